The number of para-hydroxylation sites is 1. The van der Waals surface area contributed by atoms with Crippen LogP contribution in [0, 0.1) is 24.6 Å². The Morgan fingerprint density at radius 1 is 1.21 bits per heavy atom. The number of halogens is 1. The molecule has 1 saturated heterocycles. The van der Waals surface area contributed by atoms with Gasteiger partial charge in [0.25, 0.3) is 0 Å². The number of alkyl carbamates (subject to hydrolysis) is 1. The summed E-state index contributed by atoms with van der Waals surface area (Å²) in [6.07, 6.45) is 3.77. The van der Waals surface area contributed by atoms with Crippen LogP contribution < -0.4 is 15.8 Å². The molecular formula is C30H40FN3O5. The van der Waals surface area contributed by atoms with E-state index in [-0.39, 0.29) is 42.5 Å². The van der Waals surface area contributed by atoms with Gasteiger partial charge in [-0.25, -0.2) is 9.18 Å². The van der Waals surface area contributed by atoms with E-state index in [0.29, 0.717) is 43.7 Å². The zero-order valence-corrected chi connectivity index (χ0v) is 22.8. The van der Waals surface area contributed by atoms with Gasteiger partial charge in [0.05, 0.1) is 12.7 Å². The maximum Gasteiger partial charge on any atom is 0.406 e. The lowest BCUT2D eigenvalue weighted by Gasteiger charge is -2.44. The number of aryl methyl sites for hydroxylation is 1. The second-order valence-corrected chi connectivity index (χ2v) is 10.9. The highest BCUT2D eigenvalue weighted by atomic mass is 19.1. The number of ether oxygens (including phenoxy) is 2. The number of nitrogens with two attached hydrogens (primary N) is 1. The molecule has 9 heteroatoms. The maximum absolute atomic E-state index is 15.3. The maximum atomic E-state index is 15.3. The largest absolute Gasteiger partial charge is 0.454 e. The van der Waals surface area contributed by atoms with Crippen molar-refractivity contribution in [2.45, 2.75) is 63.5 Å². The van der Waals surface area contributed by atoms with Crippen molar-refractivity contribution in [3.8, 4) is 11.5 Å². The number of benzene rings is 2. The van der Waals surface area contributed by atoms with Crippen LogP contribution in [-0.4, -0.2) is 54.8 Å². The molecular weight excluding hydrogens is 501 g/mol. The van der Waals surface area contributed by atoms with Crippen LogP contribution in [0.5, 0.6) is 11.5 Å². The van der Waals surface area contributed by atoms with Gasteiger partial charge in [-0.1, -0.05) is 24.3 Å². The van der Waals surface area contributed by atoms with Gasteiger partial charge in [0.2, 0.25) is 5.91 Å². The lowest BCUT2D eigenvalue weighted by atomic mass is 9.73. The average molecular weight is 542 g/mol. The van der Waals surface area contributed by atoms with Crippen molar-refractivity contribution in [1.82, 2.24) is 10.2 Å². The number of aliphatic hydroxyl groups is 1. The van der Waals surface area contributed by atoms with Crippen molar-refractivity contribution in [2.75, 3.05) is 26.7 Å². The zero-order valence-electron chi connectivity index (χ0n) is 22.8. The van der Waals surface area contributed by atoms with Gasteiger partial charge in [0, 0.05) is 43.1 Å². The Morgan fingerprint density at radius 3 is 2.72 bits per heavy atom. The van der Waals surface area contributed by atoms with Gasteiger partial charge in [-0.2, -0.15) is 0 Å². The Balaban J connectivity index is 1.64. The summed E-state index contributed by atoms with van der Waals surface area (Å²) in [7, 11) is 1.29. The minimum absolute atomic E-state index is 0.0308. The van der Waals surface area contributed by atoms with Crippen molar-refractivity contribution in [1.29, 1.82) is 0 Å². The Morgan fingerprint density at radius 2 is 2.00 bits per heavy atom. The van der Waals surface area contributed by atoms with E-state index in [0.717, 1.165) is 24.8 Å². The van der Waals surface area contributed by atoms with E-state index in [1.807, 2.05) is 30.0 Å². The highest BCUT2D eigenvalue weighted by Gasteiger charge is 2.44. The number of nitrogens with zero attached hydrogens (tertiary/aromatic N) is 1. The molecule has 0 spiro atoms. The molecule has 2 aliphatic rings. The fourth-order valence-electron chi connectivity index (χ4n) is 6.00. The molecule has 39 heavy (non-hydrogen) atoms. The van der Waals surface area contributed by atoms with Gasteiger partial charge in [-0.3, -0.25) is 4.79 Å². The standard InChI is InChI=1S/C30H40FN3O5/c1-20-7-3-9-24(17-20)39-27-25(10-4-11-26(27)31)30(37,14-6-15-33-29(36)38-2)22-8-5-16-34(19-22)28(35)21-12-13-23(32)18-21/h3-4,7,9-11,17,21-23,37H,5-6,8,12-16,18-19,32H2,1-2H3,(H,33,36)/t21-,22-,23+,30?/m1/s1. The summed E-state index contributed by atoms with van der Waals surface area (Å²) in [5.74, 6) is -0.511. The third-order valence-electron chi connectivity index (χ3n) is 8.06. The number of carbonyl (C=O) groups is 2. The quantitative estimate of drug-likeness (QED) is 0.400. The number of rotatable bonds is 9. The average Bonchev–Trinajstić information content (AvgIpc) is 3.37. The Labute approximate surface area is 229 Å². The summed E-state index contributed by atoms with van der Waals surface area (Å²) in [6.45, 7) is 3.17. The van der Waals surface area contributed by atoms with Crippen LogP contribution in [0.4, 0.5) is 9.18 Å². The molecule has 2 aromatic rings. The molecule has 1 saturated carbocycles. The molecule has 1 unspecified atom stereocenters. The summed E-state index contributed by atoms with van der Waals surface area (Å²) in [5, 5.41) is 15.1. The number of methoxy groups -OCH3 is 1. The minimum Gasteiger partial charge on any atom is -0.454 e. The summed E-state index contributed by atoms with van der Waals surface area (Å²) in [6, 6.07) is 11.9. The molecule has 4 N–H and O–H groups in total. The number of carbonyl (C=O) groups excluding carboxylic acids is 2. The molecule has 4 atom stereocenters. The summed E-state index contributed by atoms with van der Waals surface area (Å²) < 4.78 is 26.1. The predicted octanol–water partition coefficient (Wildman–Crippen LogP) is 4.62. The highest BCUT2D eigenvalue weighted by Crippen LogP contribution is 2.45. The van der Waals surface area contributed by atoms with E-state index >= 15 is 4.39 Å². The molecule has 8 nitrogen and oxygen atoms in total. The monoisotopic (exact) mass is 541 g/mol. The van der Waals surface area contributed by atoms with Crippen molar-refractivity contribution in [2.24, 2.45) is 17.6 Å². The molecule has 2 amide bonds. The second-order valence-electron chi connectivity index (χ2n) is 10.9. The van der Waals surface area contributed by atoms with E-state index in [1.165, 1.54) is 13.2 Å². The van der Waals surface area contributed by atoms with Crippen molar-refractivity contribution in [3.63, 3.8) is 0 Å². The molecule has 1 heterocycles. The SMILES string of the molecule is COC(=O)NCCCC(O)(c1cccc(F)c1Oc1cccc(C)c1)[C@@H]1CCCN(C(=O)[C@@H]2CC[C@H](N)C2)C1. The first kappa shape index (κ1) is 28.8. The summed E-state index contributed by atoms with van der Waals surface area (Å²) in [4.78, 5) is 26.8. The van der Waals surface area contributed by atoms with Gasteiger partial charge < -0.3 is 30.5 Å². The first-order valence-corrected chi connectivity index (χ1v) is 13.8. The normalized spacial score (nSPS) is 22.7. The fourth-order valence-corrected chi connectivity index (χ4v) is 6.00. The third-order valence-corrected chi connectivity index (χ3v) is 8.06. The van der Waals surface area contributed by atoms with E-state index in [4.69, 9.17) is 10.5 Å². The molecule has 212 valence electrons. The van der Waals surface area contributed by atoms with Crippen LogP contribution in [0.25, 0.3) is 0 Å². The topological polar surface area (TPSA) is 114 Å². The van der Waals surface area contributed by atoms with E-state index in [9.17, 15) is 14.7 Å². The van der Waals surface area contributed by atoms with Gasteiger partial charge in [0.15, 0.2) is 11.6 Å². The van der Waals surface area contributed by atoms with Crippen LogP contribution in [-0.2, 0) is 15.1 Å². The smallest absolute Gasteiger partial charge is 0.406 e. The number of hydrogen-bond acceptors (Lipinski definition) is 6. The van der Waals surface area contributed by atoms with Gasteiger partial charge >= 0.3 is 6.09 Å². The van der Waals surface area contributed by atoms with Crippen LogP contribution >= 0.6 is 0 Å². The zero-order chi connectivity index (χ0) is 28.0. The van der Waals surface area contributed by atoms with Gasteiger partial charge in [0.1, 0.15) is 5.75 Å². The highest BCUT2D eigenvalue weighted by molar-refractivity contribution is 5.79. The van der Waals surface area contributed by atoms with E-state index in [1.54, 1.807) is 18.2 Å². The summed E-state index contributed by atoms with van der Waals surface area (Å²) >= 11 is 0. The van der Waals surface area contributed by atoms with Crippen molar-refractivity contribution < 1.29 is 28.6 Å². The fraction of sp³-hybridized carbons (Fsp3) is 0.533. The Hall–Kier alpha value is -3.17. The molecule has 1 aliphatic carbocycles. The predicted molar refractivity (Wildman–Crippen MR) is 146 cm³/mol. The molecule has 2 fully saturated rings. The number of piperidine rings is 1. The number of likely N-dealkylation sites (tertiary alicyclic amines) is 1. The van der Waals surface area contributed by atoms with Crippen molar-refractivity contribution >= 4 is 12.0 Å². The first-order chi connectivity index (χ1) is 18.7. The molecule has 4 rings (SSSR count). The molecule has 1 aliphatic heterocycles. The minimum atomic E-state index is -1.51. The molecule has 0 bridgehead atoms. The molecule has 0 radical (unpaired) electrons. The number of nitrogens with one attached hydrogen (secondary N) is 1. The van der Waals surface area contributed by atoms with Crippen LogP contribution in [0.2, 0.25) is 0 Å². The van der Waals surface area contributed by atoms with Crippen molar-refractivity contribution in [3.05, 3.63) is 59.4 Å². The van der Waals surface area contributed by atoms with Gasteiger partial charge in [-0.15, -0.1) is 0 Å². The Kier molecular flexibility index (Phi) is 9.45. The van der Waals surface area contributed by atoms with Crippen LogP contribution in [0.3, 0.4) is 0 Å². The molecule has 0 aromatic heterocycles. The Bertz CT molecular complexity index is 1160. The second kappa shape index (κ2) is 12.8. The summed E-state index contributed by atoms with van der Waals surface area (Å²) in [5.41, 5.74) is 5.86. The number of amides is 2. The van der Waals surface area contributed by atoms with Crippen LogP contribution in [0.1, 0.15) is 56.1 Å². The van der Waals surface area contributed by atoms with E-state index < -0.39 is 17.5 Å². The van der Waals surface area contributed by atoms with Crippen LogP contribution in [0.15, 0.2) is 42.5 Å². The first-order valence-electron chi connectivity index (χ1n) is 13.8. The lowest BCUT2D eigenvalue weighted by molar-refractivity contribution is -0.141. The van der Waals surface area contributed by atoms with Gasteiger partial charge in [-0.05, 0) is 75.6 Å². The van der Waals surface area contributed by atoms with E-state index in [2.05, 4.69) is 10.1 Å². The third kappa shape index (κ3) is 6.89. The number of hydrogen-bond donors (Lipinski definition) is 3. The molecule has 2 aromatic carbocycles. The lowest BCUT2D eigenvalue weighted by Crippen LogP contribution is -2.49.